The van der Waals surface area contributed by atoms with Crippen LogP contribution in [-0.4, -0.2) is 35.2 Å². The van der Waals surface area contributed by atoms with Crippen molar-refractivity contribution >= 4 is 18.1 Å². The van der Waals surface area contributed by atoms with Gasteiger partial charge in [0, 0.05) is 13.1 Å². The summed E-state index contributed by atoms with van der Waals surface area (Å²) in [5.74, 6) is -0.144. The summed E-state index contributed by atoms with van der Waals surface area (Å²) in [6, 6.07) is 2.37. The highest BCUT2D eigenvalue weighted by Gasteiger charge is 2.15. The van der Waals surface area contributed by atoms with Gasteiger partial charge in [-0.3, -0.25) is 10.1 Å². The van der Waals surface area contributed by atoms with Crippen molar-refractivity contribution in [3.05, 3.63) is 28.0 Å². The molecular weight excluding hydrogens is 252 g/mol. The van der Waals surface area contributed by atoms with Gasteiger partial charge in [-0.25, -0.2) is 10.2 Å². The Morgan fingerprint density at radius 1 is 1.42 bits per heavy atom. The third-order valence-electron chi connectivity index (χ3n) is 2.79. The van der Waals surface area contributed by atoms with Crippen molar-refractivity contribution in [1.29, 1.82) is 0 Å². The van der Waals surface area contributed by atoms with Crippen LogP contribution in [0.15, 0.2) is 21.7 Å². The number of hydrogen-bond acceptors (Lipinski definition) is 5. The quantitative estimate of drug-likeness (QED) is 0.511. The molecule has 2 rings (SSSR count). The summed E-state index contributed by atoms with van der Waals surface area (Å²) in [5, 5.41) is 14.1. The van der Waals surface area contributed by atoms with E-state index in [2.05, 4.69) is 10.5 Å². The number of hydrazone groups is 1. The molecule has 8 heteroatoms. The Morgan fingerprint density at radius 3 is 2.79 bits per heavy atom. The van der Waals surface area contributed by atoms with Crippen LogP contribution in [0.25, 0.3) is 0 Å². The van der Waals surface area contributed by atoms with Gasteiger partial charge < -0.3 is 9.32 Å². The van der Waals surface area contributed by atoms with Crippen molar-refractivity contribution in [3.63, 3.8) is 0 Å². The van der Waals surface area contributed by atoms with Gasteiger partial charge in [0.15, 0.2) is 5.76 Å². The summed E-state index contributed by atoms with van der Waals surface area (Å²) < 4.78 is 4.86. The molecule has 0 saturated carbocycles. The fourth-order valence-corrected chi connectivity index (χ4v) is 1.83. The highest BCUT2D eigenvalue weighted by atomic mass is 16.6. The van der Waals surface area contributed by atoms with Crippen molar-refractivity contribution < 1.29 is 14.1 Å². The Hall–Kier alpha value is -2.38. The molecular formula is C11H14N4O4. The summed E-state index contributed by atoms with van der Waals surface area (Å²) in [6.07, 6.45) is 4.38. The zero-order chi connectivity index (χ0) is 13.7. The number of furan rings is 1. The molecule has 1 fully saturated rings. The molecule has 2 amide bonds. The maximum absolute atomic E-state index is 11.7. The van der Waals surface area contributed by atoms with Crippen molar-refractivity contribution in [2.24, 2.45) is 5.10 Å². The molecule has 102 valence electrons. The van der Waals surface area contributed by atoms with Gasteiger partial charge in [-0.1, -0.05) is 0 Å². The molecule has 0 aliphatic carbocycles. The number of nitro groups is 1. The predicted molar refractivity (Wildman–Crippen MR) is 66.9 cm³/mol. The van der Waals surface area contributed by atoms with Crippen LogP contribution in [0.5, 0.6) is 0 Å². The molecule has 19 heavy (non-hydrogen) atoms. The molecule has 0 atom stereocenters. The van der Waals surface area contributed by atoms with E-state index in [4.69, 9.17) is 4.42 Å². The Morgan fingerprint density at radius 2 is 2.16 bits per heavy atom. The number of hydrogen-bond donors (Lipinski definition) is 1. The van der Waals surface area contributed by atoms with E-state index in [0.29, 0.717) is 0 Å². The third kappa shape index (κ3) is 3.54. The van der Waals surface area contributed by atoms with Gasteiger partial charge in [0.2, 0.25) is 0 Å². The molecule has 1 N–H and O–H groups in total. The Balaban J connectivity index is 1.84. The summed E-state index contributed by atoms with van der Waals surface area (Å²) in [4.78, 5) is 23.1. The van der Waals surface area contributed by atoms with Crippen LogP contribution < -0.4 is 5.43 Å². The van der Waals surface area contributed by atoms with E-state index in [-0.39, 0.29) is 17.7 Å². The lowest BCUT2D eigenvalue weighted by Gasteiger charge is -2.25. The van der Waals surface area contributed by atoms with Crippen LogP contribution in [0.1, 0.15) is 25.0 Å². The van der Waals surface area contributed by atoms with Crippen LogP contribution in [0.4, 0.5) is 10.7 Å². The number of nitrogens with one attached hydrogen (secondary N) is 1. The summed E-state index contributed by atoms with van der Waals surface area (Å²) in [7, 11) is 0. The Kier molecular flexibility index (Phi) is 4.11. The SMILES string of the molecule is O=C(N/N=C/c1ccc([N+](=O)[O-])o1)N1CCCCC1. The van der Waals surface area contributed by atoms with Crippen molar-refractivity contribution in [2.45, 2.75) is 19.3 Å². The van der Waals surface area contributed by atoms with Gasteiger partial charge in [-0.2, -0.15) is 5.10 Å². The van der Waals surface area contributed by atoms with Gasteiger partial charge in [-0.05, 0) is 25.3 Å². The summed E-state index contributed by atoms with van der Waals surface area (Å²) in [6.45, 7) is 1.46. The van der Waals surface area contributed by atoms with Crippen LogP contribution in [-0.2, 0) is 0 Å². The standard InChI is InChI=1S/C11H14N4O4/c16-11(14-6-2-1-3-7-14)13-12-8-9-4-5-10(19-9)15(17)18/h4-5,8H,1-3,6-7H2,(H,13,16)/b12-8+. The van der Waals surface area contributed by atoms with E-state index in [1.807, 2.05) is 0 Å². The van der Waals surface area contributed by atoms with E-state index in [1.54, 1.807) is 4.90 Å². The largest absolute Gasteiger partial charge is 0.433 e. The first-order valence-electron chi connectivity index (χ1n) is 5.99. The average molecular weight is 266 g/mol. The number of nitrogens with zero attached hydrogens (tertiary/aromatic N) is 3. The van der Waals surface area contributed by atoms with Crippen molar-refractivity contribution in [2.75, 3.05) is 13.1 Å². The molecule has 2 heterocycles. The first-order chi connectivity index (χ1) is 9.16. The van der Waals surface area contributed by atoms with E-state index in [1.165, 1.54) is 18.3 Å². The second-order valence-corrected chi connectivity index (χ2v) is 4.16. The lowest BCUT2D eigenvalue weighted by atomic mass is 10.1. The zero-order valence-electron chi connectivity index (χ0n) is 10.2. The molecule has 0 unspecified atom stereocenters. The number of rotatable bonds is 3. The van der Waals surface area contributed by atoms with Crippen LogP contribution >= 0.6 is 0 Å². The van der Waals surface area contributed by atoms with Gasteiger partial charge >= 0.3 is 11.9 Å². The molecule has 1 aromatic rings. The molecule has 1 aliphatic rings. The minimum absolute atomic E-state index is 0.214. The maximum atomic E-state index is 11.7. The normalized spacial score (nSPS) is 15.7. The van der Waals surface area contributed by atoms with Gasteiger partial charge in [-0.15, -0.1) is 0 Å². The molecule has 0 radical (unpaired) electrons. The predicted octanol–water partition coefficient (Wildman–Crippen LogP) is 1.72. The van der Waals surface area contributed by atoms with E-state index >= 15 is 0 Å². The van der Waals surface area contributed by atoms with Gasteiger partial charge in [0.1, 0.15) is 4.92 Å². The fourth-order valence-electron chi connectivity index (χ4n) is 1.83. The highest BCUT2D eigenvalue weighted by Crippen LogP contribution is 2.13. The molecule has 1 saturated heterocycles. The van der Waals surface area contributed by atoms with E-state index in [9.17, 15) is 14.9 Å². The monoisotopic (exact) mass is 266 g/mol. The summed E-state index contributed by atoms with van der Waals surface area (Å²) >= 11 is 0. The van der Waals surface area contributed by atoms with Gasteiger partial charge in [0.05, 0.1) is 12.3 Å². The lowest BCUT2D eigenvalue weighted by molar-refractivity contribution is -0.402. The minimum atomic E-state index is -0.635. The number of piperidine rings is 1. The average Bonchev–Trinajstić information content (AvgIpc) is 2.89. The summed E-state index contributed by atoms with van der Waals surface area (Å²) in [5.41, 5.74) is 2.37. The lowest BCUT2D eigenvalue weighted by Crippen LogP contribution is -2.40. The Labute approximate surface area is 109 Å². The van der Waals surface area contributed by atoms with Gasteiger partial charge in [0.25, 0.3) is 0 Å². The number of urea groups is 1. The Bertz CT molecular complexity index is 491. The second kappa shape index (κ2) is 5.98. The molecule has 0 bridgehead atoms. The second-order valence-electron chi connectivity index (χ2n) is 4.16. The first-order valence-corrected chi connectivity index (χ1v) is 5.99. The third-order valence-corrected chi connectivity index (χ3v) is 2.79. The number of likely N-dealkylation sites (tertiary alicyclic amines) is 1. The molecule has 0 aromatic carbocycles. The first kappa shape index (κ1) is 13.1. The molecule has 0 spiro atoms. The van der Waals surface area contributed by atoms with E-state index < -0.39 is 4.92 Å². The van der Waals surface area contributed by atoms with Crippen LogP contribution in [0, 0.1) is 10.1 Å². The van der Waals surface area contributed by atoms with Crippen molar-refractivity contribution in [1.82, 2.24) is 10.3 Å². The number of carbonyl (C=O) groups is 1. The maximum Gasteiger partial charge on any atom is 0.433 e. The topological polar surface area (TPSA) is 101 Å². The highest BCUT2D eigenvalue weighted by molar-refractivity contribution is 5.79. The number of amides is 2. The molecule has 1 aromatic heterocycles. The zero-order valence-corrected chi connectivity index (χ0v) is 10.2. The van der Waals surface area contributed by atoms with Crippen LogP contribution in [0.2, 0.25) is 0 Å². The smallest absolute Gasteiger partial charge is 0.400 e. The van der Waals surface area contributed by atoms with Crippen molar-refractivity contribution in [3.8, 4) is 0 Å². The van der Waals surface area contributed by atoms with E-state index in [0.717, 1.165) is 32.4 Å². The minimum Gasteiger partial charge on any atom is -0.400 e. The molecule has 1 aliphatic heterocycles. The fraction of sp³-hybridized carbons (Fsp3) is 0.455. The van der Waals surface area contributed by atoms with Crippen LogP contribution in [0.3, 0.4) is 0 Å². The molecule has 8 nitrogen and oxygen atoms in total. The number of carbonyl (C=O) groups excluding carboxylic acids is 1.